The molecule has 2 unspecified atom stereocenters. The van der Waals surface area contributed by atoms with Gasteiger partial charge in [-0.1, -0.05) is 80.4 Å². The van der Waals surface area contributed by atoms with Crippen LogP contribution in [-0.2, 0) is 51.0 Å². The Kier molecular flexibility index (Phi) is 18.1. The van der Waals surface area contributed by atoms with Crippen LogP contribution in [0.25, 0.3) is 0 Å². The van der Waals surface area contributed by atoms with Crippen molar-refractivity contribution < 1.29 is 47.7 Å². The van der Waals surface area contributed by atoms with E-state index in [0.29, 0.717) is 37.7 Å². The van der Waals surface area contributed by atoms with Gasteiger partial charge in [0.05, 0.1) is 13.2 Å². The molecule has 0 spiro atoms. The van der Waals surface area contributed by atoms with Crippen LogP contribution in [0.5, 0.6) is 0 Å². The summed E-state index contributed by atoms with van der Waals surface area (Å²) in [5.41, 5.74) is 2.74. The molecule has 18 heteroatoms. The molecule has 0 bridgehead atoms. The maximum absolute atomic E-state index is 14.2. The van der Waals surface area contributed by atoms with Crippen molar-refractivity contribution in [1.29, 1.82) is 0 Å². The highest BCUT2D eigenvalue weighted by Gasteiger charge is 2.42. The maximum Gasteiger partial charge on any atom is 0.408 e. The highest BCUT2D eigenvalue weighted by atomic mass is 31.2. The van der Waals surface area contributed by atoms with Gasteiger partial charge in [-0.15, -0.1) is 0 Å². The Hall–Kier alpha value is -4.83. The molecule has 6 amide bonds. The first-order valence-corrected chi connectivity index (χ1v) is 22.6. The molecule has 2 fully saturated rings. The largest absolute Gasteiger partial charge is 0.444 e. The normalized spacial score (nSPS) is 19.0. The second-order valence-electron chi connectivity index (χ2n) is 16.3. The predicted octanol–water partition coefficient (Wildman–Crippen LogP) is 3.09. The van der Waals surface area contributed by atoms with Crippen molar-refractivity contribution in [3.05, 3.63) is 71.8 Å². The molecule has 7 N–H and O–H groups in total. The summed E-state index contributed by atoms with van der Waals surface area (Å²) in [6, 6.07) is 14.1. The fraction of sp³-hybridized carbons (Fsp3) is 0.571. The molecule has 0 aromatic heterocycles. The number of hydrogen-bond donors (Lipinski definition) is 6. The Morgan fingerprint density at radius 3 is 2.03 bits per heavy atom. The van der Waals surface area contributed by atoms with E-state index >= 15 is 0 Å². The van der Waals surface area contributed by atoms with Crippen molar-refractivity contribution in [1.82, 2.24) is 31.2 Å². The van der Waals surface area contributed by atoms with E-state index in [9.17, 15) is 38.2 Å². The van der Waals surface area contributed by atoms with Crippen LogP contribution in [0.4, 0.5) is 4.79 Å². The molecule has 0 radical (unpaired) electrons. The van der Waals surface area contributed by atoms with Gasteiger partial charge in [0.1, 0.15) is 35.6 Å². The van der Waals surface area contributed by atoms with E-state index in [1.807, 2.05) is 37.3 Å². The molecule has 2 aromatic carbocycles. The lowest BCUT2D eigenvalue weighted by Gasteiger charge is -2.31. The Balaban J connectivity index is 1.47. The van der Waals surface area contributed by atoms with Gasteiger partial charge in [-0.25, -0.2) is 10.6 Å². The Labute approximate surface area is 352 Å². The number of likely N-dealkylation sites (tertiary alicyclic amines) is 2. The summed E-state index contributed by atoms with van der Waals surface area (Å²) < 4.78 is 25.5. The number of ether oxygens (including phenoxy) is 2. The van der Waals surface area contributed by atoms with E-state index in [1.54, 1.807) is 51.1 Å². The molecule has 60 heavy (non-hydrogen) atoms. The highest BCUT2D eigenvalue weighted by molar-refractivity contribution is 7.58. The molecule has 2 heterocycles. The van der Waals surface area contributed by atoms with Gasteiger partial charge >= 0.3 is 6.09 Å². The van der Waals surface area contributed by atoms with Gasteiger partial charge in [-0.05, 0) is 64.0 Å². The summed E-state index contributed by atoms with van der Waals surface area (Å²) in [4.78, 5) is 94.6. The van der Waals surface area contributed by atoms with Crippen molar-refractivity contribution in [2.24, 2.45) is 5.84 Å². The third kappa shape index (κ3) is 14.4. The van der Waals surface area contributed by atoms with Crippen molar-refractivity contribution >= 4 is 43.0 Å². The second-order valence-corrected chi connectivity index (χ2v) is 18.9. The van der Waals surface area contributed by atoms with Crippen LogP contribution in [0.2, 0.25) is 0 Å². The standard InChI is InChI=1S/C42H62N7O10P/c1-5-6-19-31(37(51)47-43)44-38(52)33-20-13-23-48(33)36(50)22-25-60(56,57)35(26-29-15-9-7-10-16-29)46-39(53)34-21-14-24-49(34)40(54)32(45-41(55)59-42(2,3)4)28-58-27-30-17-11-8-12-18-30/h7-12,15-18,31-35H,5-6,13-14,19-28,43H2,1-4H3,(H,44,52)(H,45,55)(H,46,53)(H,47,51)(H,56,57)/t31-,32-,33-,34-,35?/m0/s1. The number of hydrazine groups is 1. The topological polar surface area (TPSA) is 239 Å². The lowest BCUT2D eigenvalue weighted by atomic mass is 10.1. The molecule has 330 valence electrons. The van der Waals surface area contributed by atoms with Gasteiger partial charge in [-0.3, -0.25) is 34.0 Å². The fourth-order valence-electron chi connectivity index (χ4n) is 7.33. The summed E-state index contributed by atoms with van der Waals surface area (Å²) in [5.74, 6) is 1.22. The van der Waals surface area contributed by atoms with Crippen molar-refractivity contribution in [2.45, 2.75) is 128 Å². The average Bonchev–Trinajstić information content (AvgIpc) is 3.92. The number of nitrogens with one attached hydrogen (secondary N) is 4. The minimum absolute atomic E-state index is 0.0392. The zero-order valence-electron chi connectivity index (χ0n) is 35.1. The first kappa shape index (κ1) is 47.8. The number of benzene rings is 2. The van der Waals surface area contributed by atoms with E-state index < -0.39 is 84.7 Å². The van der Waals surface area contributed by atoms with Crippen LogP contribution < -0.4 is 27.2 Å². The number of carbonyl (C=O) groups is 6. The number of hydrogen-bond acceptors (Lipinski definition) is 10. The summed E-state index contributed by atoms with van der Waals surface area (Å²) in [5, 5.41) is 8.07. The lowest BCUT2D eigenvalue weighted by molar-refractivity contribution is -0.141. The second kappa shape index (κ2) is 22.7. The zero-order chi connectivity index (χ0) is 43.9. The third-order valence-electron chi connectivity index (χ3n) is 10.4. The molecule has 0 aliphatic carbocycles. The van der Waals surface area contributed by atoms with Gasteiger partial charge in [0.25, 0.3) is 5.91 Å². The van der Waals surface area contributed by atoms with E-state index in [1.165, 1.54) is 9.80 Å². The molecule has 2 aliphatic heterocycles. The Morgan fingerprint density at radius 2 is 1.43 bits per heavy atom. The first-order chi connectivity index (χ1) is 28.5. The number of alkyl carbamates (subject to hydrolysis) is 1. The molecule has 0 saturated carbocycles. The van der Waals surface area contributed by atoms with Gasteiger partial charge in [-0.2, -0.15) is 0 Å². The van der Waals surface area contributed by atoms with E-state index in [2.05, 4.69) is 21.4 Å². The molecule has 2 aliphatic rings. The van der Waals surface area contributed by atoms with E-state index in [4.69, 9.17) is 15.3 Å². The average molecular weight is 856 g/mol. The van der Waals surface area contributed by atoms with E-state index in [-0.39, 0.29) is 45.6 Å². The van der Waals surface area contributed by atoms with Crippen molar-refractivity contribution in [2.75, 3.05) is 25.9 Å². The molecular formula is C42H62N7O10P. The minimum Gasteiger partial charge on any atom is -0.444 e. The molecule has 6 atom stereocenters. The monoisotopic (exact) mass is 855 g/mol. The minimum atomic E-state index is -4.34. The number of unbranched alkanes of at least 4 members (excludes halogenated alkanes) is 1. The van der Waals surface area contributed by atoms with E-state index in [0.717, 1.165) is 12.0 Å². The maximum atomic E-state index is 14.2. The van der Waals surface area contributed by atoms with Crippen LogP contribution in [0.3, 0.4) is 0 Å². The smallest absolute Gasteiger partial charge is 0.408 e. The van der Waals surface area contributed by atoms with Crippen LogP contribution >= 0.6 is 7.37 Å². The van der Waals surface area contributed by atoms with Crippen LogP contribution in [-0.4, -0.2) is 112 Å². The number of carbonyl (C=O) groups excluding carboxylic acids is 6. The van der Waals surface area contributed by atoms with Gasteiger partial charge in [0.15, 0.2) is 0 Å². The fourth-order valence-corrected chi connectivity index (χ4v) is 8.98. The van der Waals surface area contributed by atoms with Gasteiger partial charge < -0.3 is 40.1 Å². The predicted molar refractivity (Wildman–Crippen MR) is 224 cm³/mol. The van der Waals surface area contributed by atoms with Crippen LogP contribution in [0.1, 0.15) is 90.2 Å². The summed E-state index contributed by atoms with van der Waals surface area (Å²) in [6.07, 6.45) is 1.70. The molecule has 4 rings (SSSR count). The first-order valence-electron chi connectivity index (χ1n) is 20.7. The number of amides is 6. The molecular weight excluding hydrogens is 793 g/mol. The van der Waals surface area contributed by atoms with Crippen LogP contribution in [0.15, 0.2) is 60.7 Å². The molecule has 17 nitrogen and oxygen atoms in total. The van der Waals surface area contributed by atoms with Gasteiger partial charge in [0, 0.05) is 32.1 Å². The highest BCUT2D eigenvalue weighted by Crippen LogP contribution is 2.47. The Bertz CT molecular complexity index is 1810. The SMILES string of the molecule is CCCC[C@H](NC(=O)[C@@H]1CCCN1C(=O)CCP(=O)(O)C(Cc1ccccc1)NC(=O)[C@@H]1CCCN1C(=O)[C@H](COCc1ccccc1)NC(=O)OC(C)(C)C)C(=O)NN. The number of rotatable bonds is 20. The zero-order valence-corrected chi connectivity index (χ0v) is 36.0. The lowest BCUT2D eigenvalue weighted by Crippen LogP contribution is -2.56. The molecule has 2 aromatic rings. The van der Waals surface area contributed by atoms with Crippen LogP contribution in [0, 0.1) is 0 Å². The number of nitrogens with zero attached hydrogens (tertiary/aromatic N) is 2. The Morgan fingerprint density at radius 1 is 0.850 bits per heavy atom. The van der Waals surface area contributed by atoms with Crippen molar-refractivity contribution in [3.63, 3.8) is 0 Å². The summed E-state index contributed by atoms with van der Waals surface area (Å²) >= 11 is 0. The van der Waals surface area contributed by atoms with Crippen molar-refractivity contribution in [3.8, 4) is 0 Å². The summed E-state index contributed by atoms with van der Waals surface area (Å²) in [7, 11) is -4.34. The molecule has 2 saturated heterocycles. The quantitative estimate of drug-likeness (QED) is 0.0490. The number of nitrogens with two attached hydrogens (primary N) is 1. The third-order valence-corrected chi connectivity index (χ3v) is 12.6. The summed E-state index contributed by atoms with van der Waals surface area (Å²) in [6.45, 7) is 7.43. The van der Waals surface area contributed by atoms with Gasteiger partial charge in [0.2, 0.25) is 31.0 Å².